The summed E-state index contributed by atoms with van der Waals surface area (Å²) >= 11 is 0. The topological polar surface area (TPSA) is 25.8 Å². The highest BCUT2D eigenvalue weighted by Crippen LogP contribution is 2.34. The summed E-state index contributed by atoms with van der Waals surface area (Å²) in [5.74, 6) is 0. The first kappa shape index (κ1) is 22.0. The maximum atomic E-state index is 5.25. The van der Waals surface area contributed by atoms with Gasteiger partial charge in [0.2, 0.25) is 0 Å². The van der Waals surface area contributed by atoms with Crippen LogP contribution in [0.1, 0.15) is 47.2 Å². The second-order valence-electron chi connectivity index (χ2n) is 8.90. The molecular formula is C30H32N2. The van der Waals surface area contributed by atoms with E-state index in [1.807, 2.05) is 6.20 Å². The van der Waals surface area contributed by atoms with Gasteiger partial charge in [0.15, 0.2) is 0 Å². The van der Waals surface area contributed by atoms with E-state index < -0.39 is 0 Å². The Labute approximate surface area is 192 Å². The first-order valence-electron chi connectivity index (χ1n) is 11.5. The molecule has 1 aromatic heterocycles. The average molecular weight is 421 g/mol. The molecule has 2 heteroatoms. The Morgan fingerprint density at radius 2 is 1.19 bits per heavy atom. The van der Waals surface area contributed by atoms with Gasteiger partial charge >= 0.3 is 0 Å². The smallest absolute Gasteiger partial charge is 0.0972 e. The van der Waals surface area contributed by atoms with E-state index in [1.165, 1.54) is 38.9 Å². The van der Waals surface area contributed by atoms with E-state index >= 15 is 0 Å². The molecule has 0 atom stereocenters. The number of aryl methyl sites for hydroxylation is 6. The Hall–Kier alpha value is -3.26. The molecule has 4 aromatic rings. The standard InChI is InChI=1S/C30H32N2/c1-7-23-9-10-24(8-2)27(17-23)28-18-31-29(25-13-19(3)11-20(4)14-25)30(32-28)26-15-21(5)12-22(6)16-26/h9-18H,7-8H2,1-6H3. The first-order chi connectivity index (χ1) is 15.4. The summed E-state index contributed by atoms with van der Waals surface area (Å²) in [4.78, 5) is 10.3. The largest absolute Gasteiger partial charge is 0.252 e. The SMILES string of the molecule is CCc1ccc(CC)c(-c2cnc(-c3cc(C)cc(C)c3)c(-c3cc(C)cc(C)c3)n2)c1. The van der Waals surface area contributed by atoms with E-state index in [1.54, 1.807) is 0 Å². The molecule has 0 unspecified atom stereocenters. The number of hydrogen-bond acceptors (Lipinski definition) is 2. The van der Waals surface area contributed by atoms with Crippen molar-refractivity contribution in [2.24, 2.45) is 0 Å². The van der Waals surface area contributed by atoms with Gasteiger partial charge in [0.1, 0.15) is 0 Å². The van der Waals surface area contributed by atoms with Crippen LogP contribution in [0.25, 0.3) is 33.8 Å². The van der Waals surface area contributed by atoms with Crippen molar-refractivity contribution in [2.45, 2.75) is 54.4 Å². The minimum Gasteiger partial charge on any atom is -0.252 e. The van der Waals surface area contributed by atoms with Gasteiger partial charge in [-0.15, -0.1) is 0 Å². The van der Waals surface area contributed by atoms with Gasteiger partial charge in [-0.05, 0) is 82.0 Å². The number of aromatic nitrogens is 2. The lowest BCUT2D eigenvalue weighted by Crippen LogP contribution is -1.99. The second-order valence-corrected chi connectivity index (χ2v) is 8.90. The zero-order chi connectivity index (χ0) is 22.8. The summed E-state index contributed by atoms with van der Waals surface area (Å²) in [7, 11) is 0. The number of hydrogen-bond donors (Lipinski definition) is 0. The normalized spacial score (nSPS) is 11.1. The van der Waals surface area contributed by atoms with Crippen molar-refractivity contribution in [3.63, 3.8) is 0 Å². The van der Waals surface area contributed by atoms with E-state index in [0.717, 1.165) is 41.1 Å². The quantitative estimate of drug-likeness (QED) is 0.329. The lowest BCUT2D eigenvalue weighted by atomic mass is 9.96. The highest BCUT2D eigenvalue weighted by atomic mass is 14.8. The van der Waals surface area contributed by atoms with E-state index in [4.69, 9.17) is 9.97 Å². The Bertz CT molecular complexity index is 1240. The zero-order valence-electron chi connectivity index (χ0n) is 20.1. The van der Waals surface area contributed by atoms with Gasteiger partial charge in [-0.3, -0.25) is 4.98 Å². The molecule has 0 radical (unpaired) electrons. The summed E-state index contributed by atoms with van der Waals surface area (Å²) in [6.45, 7) is 13.0. The molecular weight excluding hydrogens is 388 g/mol. The van der Waals surface area contributed by atoms with Gasteiger partial charge in [0.25, 0.3) is 0 Å². The molecule has 0 spiro atoms. The third-order valence-electron chi connectivity index (χ3n) is 6.00. The van der Waals surface area contributed by atoms with Gasteiger partial charge in [0, 0.05) is 16.7 Å². The van der Waals surface area contributed by atoms with E-state index in [0.29, 0.717) is 0 Å². The number of benzene rings is 3. The Morgan fingerprint density at radius 3 is 1.72 bits per heavy atom. The predicted molar refractivity (Wildman–Crippen MR) is 136 cm³/mol. The molecule has 3 aromatic carbocycles. The van der Waals surface area contributed by atoms with Gasteiger partial charge < -0.3 is 0 Å². The minimum absolute atomic E-state index is 0.940. The van der Waals surface area contributed by atoms with Crippen LogP contribution in [0.4, 0.5) is 0 Å². The molecule has 2 nitrogen and oxygen atoms in total. The number of rotatable bonds is 5. The molecule has 0 N–H and O–H groups in total. The fraction of sp³-hybridized carbons (Fsp3) is 0.267. The Kier molecular flexibility index (Phi) is 6.23. The summed E-state index contributed by atoms with van der Waals surface area (Å²) < 4.78 is 0. The van der Waals surface area contributed by atoms with E-state index in [9.17, 15) is 0 Å². The van der Waals surface area contributed by atoms with Crippen LogP contribution in [0.2, 0.25) is 0 Å². The summed E-state index contributed by atoms with van der Waals surface area (Å²) in [6, 6.07) is 20.0. The molecule has 0 aliphatic rings. The molecule has 32 heavy (non-hydrogen) atoms. The molecule has 0 amide bonds. The van der Waals surface area contributed by atoms with E-state index in [-0.39, 0.29) is 0 Å². The molecule has 0 saturated heterocycles. The van der Waals surface area contributed by atoms with Crippen LogP contribution in [0.15, 0.2) is 60.8 Å². The Morgan fingerprint density at radius 1 is 0.625 bits per heavy atom. The summed E-state index contributed by atoms with van der Waals surface area (Å²) in [5, 5.41) is 0. The Balaban J connectivity index is 1.99. The highest BCUT2D eigenvalue weighted by molar-refractivity contribution is 5.81. The summed E-state index contributed by atoms with van der Waals surface area (Å²) in [6.07, 6.45) is 3.93. The molecule has 0 bridgehead atoms. The first-order valence-corrected chi connectivity index (χ1v) is 11.5. The van der Waals surface area contributed by atoms with Crippen LogP contribution < -0.4 is 0 Å². The molecule has 162 valence electrons. The van der Waals surface area contributed by atoms with Crippen LogP contribution in [0.3, 0.4) is 0 Å². The summed E-state index contributed by atoms with van der Waals surface area (Å²) in [5.41, 5.74) is 13.8. The monoisotopic (exact) mass is 420 g/mol. The van der Waals surface area contributed by atoms with Crippen molar-refractivity contribution in [3.8, 4) is 33.8 Å². The van der Waals surface area contributed by atoms with Gasteiger partial charge in [-0.25, -0.2) is 4.98 Å². The second kappa shape index (κ2) is 9.08. The minimum atomic E-state index is 0.940. The van der Waals surface area contributed by atoms with Gasteiger partial charge in [0.05, 0.1) is 23.3 Å². The van der Waals surface area contributed by atoms with Crippen LogP contribution in [0.5, 0.6) is 0 Å². The maximum absolute atomic E-state index is 5.25. The lowest BCUT2D eigenvalue weighted by Gasteiger charge is -2.15. The van der Waals surface area contributed by atoms with Crippen molar-refractivity contribution in [2.75, 3.05) is 0 Å². The zero-order valence-corrected chi connectivity index (χ0v) is 20.1. The molecule has 0 saturated carbocycles. The van der Waals surface area contributed by atoms with E-state index in [2.05, 4.69) is 96.1 Å². The van der Waals surface area contributed by atoms with Crippen molar-refractivity contribution in [1.82, 2.24) is 9.97 Å². The van der Waals surface area contributed by atoms with Crippen LogP contribution >= 0.6 is 0 Å². The fourth-order valence-corrected chi connectivity index (χ4v) is 4.54. The third kappa shape index (κ3) is 4.50. The lowest BCUT2D eigenvalue weighted by molar-refractivity contribution is 1.09. The van der Waals surface area contributed by atoms with Crippen molar-refractivity contribution >= 4 is 0 Å². The molecule has 0 fully saturated rings. The van der Waals surface area contributed by atoms with Crippen molar-refractivity contribution in [3.05, 3.63) is 94.2 Å². The van der Waals surface area contributed by atoms with Gasteiger partial charge in [-0.2, -0.15) is 0 Å². The predicted octanol–water partition coefficient (Wildman–Crippen LogP) is 7.84. The van der Waals surface area contributed by atoms with Crippen LogP contribution in [-0.2, 0) is 12.8 Å². The average Bonchev–Trinajstić information content (AvgIpc) is 2.77. The molecule has 0 aliphatic heterocycles. The molecule has 4 rings (SSSR count). The van der Waals surface area contributed by atoms with Crippen LogP contribution in [-0.4, -0.2) is 9.97 Å². The van der Waals surface area contributed by atoms with Crippen LogP contribution in [0, 0.1) is 27.7 Å². The third-order valence-corrected chi connectivity index (χ3v) is 6.00. The fourth-order valence-electron chi connectivity index (χ4n) is 4.54. The van der Waals surface area contributed by atoms with Crippen molar-refractivity contribution < 1.29 is 0 Å². The molecule has 1 heterocycles. The van der Waals surface area contributed by atoms with Crippen molar-refractivity contribution in [1.29, 1.82) is 0 Å². The van der Waals surface area contributed by atoms with Gasteiger partial charge in [-0.1, -0.05) is 60.4 Å². The maximum Gasteiger partial charge on any atom is 0.0972 e. The highest BCUT2D eigenvalue weighted by Gasteiger charge is 2.16. The number of nitrogens with zero attached hydrogens (tertiary/aromatic N) is 2. The molecule has 0 aliphatic carbocycles.